The zero-order chi connectivity index (χ0) is 18.5. The fourth-order valence-corrected chi connectivity index (χ4v) is 3.25. The average Bonchev–Trinajstić information content (AvgIpc) is 3.09. The SMILES string of the molecule is C=C(CCC(=O)N1N=CCC1c1cc(F)cc(F)c1)CN1CCOCC1. The van der Waals surface area contributed by atoms with Gasteiger partial charge in [0.1, 0.15) is 11.6 Å². The molecule has 2 aliphatic heterocycles. The zero-order valence-corrected chi connectivity index (χ0v) is 14.7. The van der Waals surface area contributed by atoms with Gasteiger partial charge in [0, 0.05) is 44.8 Å². The Kier molecular flexibility index (Phi) is 6.11. The monoisotopic (exact) mass is 363 g/mol. The van der Waals surface area contributed by atoms with E-state index in [0.29, 0.717) is 18.4 Å². The third kappa shape index (κ3) is 4.74. The molecule has 0 saturated carbocycles. The summed E-state index contributed by atoms with van der Waals surface area (Å²) in [6.45, 7) is 7.99. The number of nitrogens with zero attached hydrogens (tertiary/aromatic N) is 3. The lowest BCUT2D eigenvalue weighted by atomic mass is 10.0. The van der Waals surface area contributed by atoms with Crippen LogP contribution < -0.4 is 0 Å². The molecule has 1 saturated heterocycles. The standard InChI is InChI=1S/C19H23F2N3O2/c1-14(13-23-6-8-26-9-7-23)2-3-19(25)24-18(4-5-22-24)15-10-16(20)12-17(21)11-15/h5,10-12,18H,1-4,6-9,13H2. The molecule has 1 amide bonds. The number of halogens is 2. The van der Waals surface area contributed by atoms with E-state index in [4.69, 9.17) is 4.74 Å². The van der Waals surface area contributed by atoms with E-state index in [1.165, 1.54) is 17.1 Å². The first-order valence-electron chi connectivity index (χ1n) is 8.80. The second-order valence-corrected chi connectivity index (χ2v) is 6.63. The second-order valence-electron chi connectivity index (χ2n) is 6.63. The molecule has 0 aromatic heterocycles. The Balaban J connectivity index is 1.54. The summed E-state index contributed by atoms with van der Waals surface area (Å²) in [7, 11) is 0. The van der Waals surface area contributed by atoms with Crippen molar-refractivity contribution in [2.75, 3.05) is 32.8 Å². The molecule has 140 valence electrons. The van der Waals surface area contributed by atoms with E-state index >= 15 is 0 Å². The number of hydrazone groups is 1. The van der Waals surface area contributed by atoms with Crippen LogP contribution in [0.3, 0.4) is 0 Å². The normalized spacial score (nSPS) is 20.5. The molecule has 0 N–H and O–H groups in total. The fraction of sp³-hybridized carbons (Fsp3) is 0.474. The van der Waals surface area contributed by atoms with Gasteiger partial charge in [-0.05, 0) is 24.1 Å². The molecule has 0 spiro atoms. The van der Waals surface area contributed by atoms with E-state index in [9.17, 15) is 13.6 Å². The summed E-state index contributed by atoms with van der Waals surface area (Å²) in [6, 6.07) is 2.86. The molecule has 7 heteroatoms. The van der Waals surface area contributed by atoms with Gasteiger partial charge in [0.15, 0.2) is 0 Å². The number of carbonyl (C=O) groups excluding carboxylic acids is 1. The molecular weight excluding hydrogens is 340 g/mol. The van der Waals surface area contributed by atoms with Crippen LogP contribution in [-0.4, -0.2) is 54.9 Å². The Morgan fingerprint density at radius 2 is 1.88 bits per heavy atom. The Morgan fingerprint density at radius 3 is 2.58 bits per heavy atom. The summed E-state index contributed by atoms with van der Waals surface area (Å²) in [5, 5.41) is 5.43. The highest BCUT2D eigenvalue weighted by Crippen LogP contribution is 2.30. The van der Waals surface area contributed by atoms with Crippen LogP contribution >= 0.6 is 0 Å². The number of benzene rings is 1. The zero-order valence-electron chi connectivity index (χ0n) is 14.7. The molecule has 2 aliphatic rings. The van der Waals surface area contributed by atoms with Gasteiger partial charge in [0.05, 0.1) is 19.3 Å². The molecule has 1 aromatic carbocycles. The average molecular weight is 363 g/mol. The van der Waals surface area contributed by atoms with Crippen LogP contribution in [0.25, 0.3) is 0 Å². The highest BCUT2D eigenvalue weighted by Gasteiger charge is 2.28. The second kappa shape index (κ2) is 8.51. The third-order valence-electron chi connectivity index (χ3n) is 4.60. The maximum atomic E-state index is 13.5. The molecule has 5 nitrogen and oxygen atoms in total. The molecule has 1 unspecified atom stereocenters. The summed E-state index contributed by atoms with van der Waals surface area (Å²) < 4.78 is 32.3. The first kappa shape index (κ1) is 18.7. The van der Waals surface area contributed by atoms with Gasteiger partial charge < -0.3 is 4.74 Å². The molecule has 1 atom stereocenters. The summed E-state index contributed by atoms with van der Waals surface area (Å²) in [4.78, 5) is 14.8. The lowest BCUT2D eigenvalue weighted by Crippen LogP contribution is -2.37. The number of rotatable bonds is 6. The molecule has 2 heterocycles. The molecule has 0 aliphatic carbocycles. The molecular formula is C19H23F2N3O2. The molecule has 1 fully saturated rings. The summed E-state index contributed by atoms with van der Waals surface area (Å²) >= 11 is 0. The lowest BCUT2D eigenvalue weighted by Gasteiger charge is -2.27. The summed E-state index contributed by atoms with van der Waals surface area (Å²) in [5.41, 5.74) is 1.40. The first-order valence-corrected chi connectivity index (χ1v) is 8.80. The van der Waals surface area contributed by atoms with Gasteiger partial charge in [0.25, 0.3) is 0 Å². The Bertz CT molecular complexity index is 682. The molecule has 0 bridgehead atoms. The first-order chi connectivity index (χ1) is 12.5. The van der Waals surface area contributed by atoms with Crippen molar-refractivity contribution in [3.63, 3.8) is 0 Å². The number of hydrogen-bond donors (Lipinski definition) is 0. The van der Waals surface area contributed by atoms with Crippen molar-refractivity contribution in [2.24, 2.45) is 5.10 Å². The summed E-state index contributed by atoms with van der Waals surface area (Å²) in [6.07, 6.45) is 2.89. The molecule has 3 rings (SSSR count). The van der Waals surface area contributed by atoms with Gasteiger partial charge in [-0.15, -0.1) is 0 Å². The van der Waals surface area contributed by atoms with Gasteiger partial charge in [-0.3, -0.25) is 9.69 Å². The quantitative estimate of drug-likeness (QED) is 0.730. The smallest absolute Gasteiger partial charge is 0.243 e. The molecule has 26 heavy (non-hydrogen) atoms. The van der Waals surface area contributed by atoms with Gasteiger partial charge in [-0.25, -0.2) is 13.8 Å². The van der Waals surface area contributed by atoms with E-state index in [2.05, 4.69) is 16.6 Å². The van der Waals surface area contributed by atoms with Crippen molar-refractivity contribution >= 4 is 12.1 Å². The van der Waals surface area contributed by atoms with Gasteiger partial charge in [-0.1, -0.05) is 12.2 Å². The fourth-order valence-electron chi connectivity index (χ4n) is 3.25. The third-order valence-corrected chi connectivity index (χ3v) is 4.60. The Morgan fingerprint density at radius 1 is 1.19 bits per heavy atom. The van der Waals surface area contributed by atoms with Crippen LogP contribution in [0.15, 0.2) is 35.5 Å². The highest BCUT2D eigenvalue weighted by molar-refractivity contribution is 5.80. The highest BCUT2D eigenvalue weighted by atomic mass is 19.1. The molecule has 0 radical (unpaired) electrons. The maximum Gasteiger partial charge on any atom is 0.243 e. The minimum Gasteiger partial charge on any atom is -0.379 e. The Hall–Kier alpha value is -2.12. The largest absolute Gasteiger partial charge is 0.379 e. The van der Waals surface area contributed by atoms with E-state index < -0.39 is 17.7 Å². The van der Waals surface area contributed by atoms with Crippen LogP contribution in [0, 0.1) is 11.6 Å². The molecule has 1 aromatic rings. The van der Waals surface area contributed by atoms with Crippen LogP contribution in [0.5, 0.6) is 0 Å². The van der Waals surface area contributed by atoms with Crippen LogP contribution in [0.1, 0.15) is 30.9 Å². The van der Waals surface area contributed by atoms with Gasteiger partial charge >= 0.3 is 0 Å². The van der Waals surface area contributed by atoms with Crippen molar-refractivity contribution in [1.29, 1.82) is 0 Å². The van der Waals surface area contributed by atoms with Crippen LogP contribution in [-0.2, 0) is 9.53 Å². The number of ether oxygens (including phenoxy) is 1. The van der Waals surface area contributed by atoms with E-state index in [1.807, 2.05) is 0 Å². The predicted molar refractivity (Wildman–Crippen MR) is 94.7 cm³/mol. The predicted octanol–water partition coefficient (Wildman–Crippen LogP) is 2.89. The number of amides is 1. The number of morpholine rings is 1. The number of hydrogen-bond acceptors (Lipinski definition) is 4. The Labute approximate surface area is 151 Å². The minimum absolute atomic E-state index is 0.170. The van der Waals surface area contributed by atoms with Crippen molar-refractivity contribution in [3.8, 4) is 0 Å². The van der Waals surface area contributed by atoms with Gasteiger partial charge in [0.2, 0.25) is 5.91 Å². The van der Waals surface area contributed by atoms with Crippen molar-refractivity contribution in [1.82, 2.24) is 9.91 Å². The van der Waals surface area contributed by atoms with Crippen molar-refractivity contribution < 1.29 is 18.3 Å². The van der Waals surface area contributed by atoms with Gasteiger partial charge in [-0.2, -0.15) is 5.10 Å². The van der Waals surface area contributed by atoms with Crippen molar-refractivity contribution in [2.45, 2.75) is 25.3 Å². The van der Waals surface area contributed by atoms with Crippen LogP contribution in [0.4, 0.5) is 8.78 Å². The van der Waals surface area contributed by atoms with E-state index in [-0.39, 0.29) is 12.3 Å². The van der Waals surface area contributed by atoms with E-state index in [1.54, 1.807) is 6.21 Å². The number of carbonyl (C=O) groups is 1. The van der Waals surface area contributed by atoms with Crippen molar-refractivity contribution in [3.05, 3.63) is 47.5 Å². The van der Waals surface area contributed by atoms with Crippen LogP contribution in [0.2, 0.25) is 0 Å². The topological polar surface area (TPSA) is 45.1 Å². The maximum absolute atomic E-state index is 13.5. The van der Waals surface area contributed by atoms with E-state index in [0.717, 1.165) is 44.5 Å². The summed E-state index contributed by atoms with van der Waals surface area (Å²) in [5.74, 6) is -1.48. The minimum atomic E-state index is -0.654. The lowest BCUT2D eigenvalue weighted by molar-refractivity contribution is -0.133.